The fourth-order valence-electron chi connectivity index (χ4n) is 1.57. The minimum Gasteiger partial charge on any atom is -0.313 e. The predicted octanol–water partition coefficient (Wildman–Crippen LogP) is 3.04. The van der Waals surface area contributed by atoms with E-state index < -0.39 is 0 Å². The molecule has 17 heavy (non-hydrogen) atoms. The van der Waals surface area contributed by atoms with E-state index in [4.69, 9.17) is 0 Å². The lowest BCUT2D eigenvalue weighted by molar-refractivity contribution is 0.487. The maximum absolute atomic E-state index is 4.31. The SMILES string of the molecule is CCC(CC)NCC(C)Sc1ncc(C)cn1. The molecule has 3 nitrogen and oxygen atoms in total. The van der Waals surface area contributed by atoms with Crippen LogP contribution in [0.4, 0.5) is 0 Å². The van der Waals surface area contributed by atoms with Crippen LogP contribution in [0.15, 0.2) is 17.6 Å². The lowest BCUT2D eigenvalue weighted by Crippen LogP contribution is -2.32. The maximum Gasteiger partial charge on any atom is 0.187 e. The molecule has 0 radical (unpaired) electrons. The van der Waals surface area contributed by atoms with Gasteiger partial charge in [-0.3, -0.25) is 0 Å². The van der Waals surface area contributed by atoms with Crippen molar-refractivity contribution in [2.24, 2.45) is 0 Å². The van der Waals surface area contributed by atoms with Crippen LogP contribution < -0.4 is 5.32 Å². The first-order valence-corrected chi connectivity index (χ1v) is 7.22. The lowest BCUT2D eigenvalue weighted by atomic mass is 10.2. The van der Waals surface area contributed by atoms with Gasteiger partial charge in [-0.25, -0.2) is 9.97 Å². The van der Waals surface area contributed by atoms with Gasteiger partial charge in [-0.05, 0) is 25.3 Å². The van der Waals surface area contributed by atoms with Crippen LogP contribution in [-0.4, -0.2) is 27.8 Å². The van der Waals surface area contributed by atoms with Crippen molar-refractivity contribution in [1.29, 1.82) is 0 Å². The van der Waals surface area contributed by atoms with E-state index in [0.717, 1.165) is 17.3 Å². The number of nitrogens with one attached hydrogen (secondary N) is 1. The third-order valence-corrected chi connectivity index (χ3v) is 3.73. The Hall–Kier alpha value is -0.610. The summed E-state index contributed by atoms with van der Waals surface area (Å²) in [6, 6.07) is 0.636. The van der Waals surface area contributed by atoms with Crippen molar-refractivity contribution in [2.45, 2.75) is 57.0 Å². The first kappa shape index (κ1) is 14.5. The van der Waals surface area contributed by atoms with Gasteiger partial charge in [-0.1, -0.05) is 32.5 Å². The molecule has 0 aliphatic heterocycles. The fourth-order valence-corrected chi connectivity index (χ4v) is 2.34. The highest BCUT2D eigenvalue weighted by molar-refractivity contribution is 7.99. The Labute approximate surface area is 109 Å². The van der Waals surface area contributed by atoms with Gasteiger partial charge in [0.15, 0.2) is 5.16 Å². The van der Waals surface area contributed by atoms with Gasteiger partial charge in [-0.2, -0.15) is 0 Å². The molecular weight excluding hydrogens is 230 g/mol. The van der Waals surface area contributed by atoms with E-state index in [0.29, 0.717) is 11.3 Å². The smallest absolute Gasteiger partial charge is 0.187 e. The first-order chi connectivity index (χ1) is 8.15. The molecule has 1 unspecified atom stereocenters. The van der Waals surface area contributed by atoms with E-state index in [9.17, 15) is 0 Å². The summed E-state index contributed by atoms with van der Waals surface area (Å²) in [5.74, 6) is 0. The Bertz CT molecular complexity index is 309. The summed E-state index contributed by atoms with van der Waals surface area (Å²) >= 11 is 1.73. The zero-order valence-corrected chi connectivity index (χ0v) is 12.0. The highest BCUT2D eigenvalue weighted by Gasteiger charge is 2.09. The van der Waals surface area contributed by atoms with Gasteiger partial charge in [0.05, 0.1) is 0 Å². The Kier molecular flexibility index (Phi) is 6.52. The van der Waals surface area contributed by atoms with Crippen molar-refractivity contribution >= 4 is 11.8 Å². The number of hydrogen-bond donors (Lipinski definition) is 1. The molecule has 1 aromatic heterocycles. The largest absolute Gasteiger partial charge is 0.313 e. The van der Waals surface area contributed by atoms with Crippen molar-refractivity contribution < 1.29 is 0 Å². The average molecular weight is 253 g/mol. The molecular formula is C13H23N3S. The van der Waals surface area contributed by atoms with Crippen LogP contribution in [0.2, 0.25) is 0 Å². The van der Waals surface area contributed by atoms with Crippen molar-refractivity contribution in [2.75, 3.05) is 6.54 Å². The number of rotatable bonds is 7. The Morgan fingerprint density at radius 3 is 2.35 bits per heavy atom. The molecule has 1 N–H and O–H groups in total. The van der Waals surface area contributed by atoms with Crippen LogP contribution in [0.1, 0.15) is 39.2 Å². The Balaban J connectivity index is 2.34. The fraction of sp³-hybridized carbons (Fsp3) is 0.692. The molecule has 1 atom stereocenters. The van der Waals surface area contributed by atoms with Gasteiger partial charge < -0.3 is 5.32 Å². The monoisotopic (exact) mass is 253 g/mol. The highest BCUT2D eigenvalue weighted by Crippen LogP contribution is 2.18. The van der Waals surface area contributed by atoms with E-state index in [-0.39, 0.29) is 0 Å². The second-order valence-corrected chi connectivity index (χ2v) is 5.80. The van der Waals surface area contributed by atoms with Gasteiger partial charge >= 0.3 is 0 Å². The van der Waals surface area contributed by atoms with Gasteiger partial charge in [0.2, 0.25) is 0 Å². The van der Waals surface area contributed by atoms with Crippen molar-refractivity contribution in [3.8, 4) is 0 Å². The van der Waals surface area contributed by atoms with Crippen molar-refractivity contribution in [3.63, 3.8) is 0 Å². The number of nitrogens with zero attached hydrogens (tertiary/aromatic N) is 2. The van der Waals surface area contributed by atoms with E-state index in [1.54, 1.807) is 11.8 Å². The van der Waals surface area contributed by atoms with E-state index in [1.807, 2.05) is 19.3 Å². The summed E-state index contributed by atoms with van der Waals surface area (Å²) in [6.07, 6.45) is 6.12. The Morgan fingerprint density at radius 1 is 1.24 bits per heavy atom. The third kappa shape index (κ3) is 5.50. The summed E-state index contributed by atoms with van der Waals surface area (Å²) in [6.45, 7) is 9.67. The normalized spacial score (nSPS) is 13.0. The molecule has 0 amide bonds. The van der Waals surface area contributed by atoms with Crippen LogP contribution in [0, 0.1) is 6.92 Å². The molecule has 96 valence electrons. The molecule has 1 heterocycles. The quantitative estimate of drug-likeness (QED) is 0.599. The van der Waals surface area contributed by atoms with E-state index >= 15 is 0 Å². The molecule has 0 fully saturated rings. The molecule has 0 saturated carbocycles. The van der Waals surface area contributed by atoms with Gasteiger partial charge in [0, 0.05) is 30.2 Å². The van der Waals surface area contributed by atoms with Crippen molar-refractivity contribution in [3.05, 3.63) is 18.0 Å². The zero-order chi connectivity index (χ0) is 12.7. The zero-order valence-electron chi connectivity index (χ0n) is 11.2. The molecule has 0 aliphatic rings. The van der Waals surface area contributed by atoms with E-state index in [2.05, 4.69) is 36.1 Å². The summed E-state index contributed by atoms with van der Waals surface area (Å²) in [4.78, 5) is 8.62. The summed E-state index contributed by atoms with van der Waals surface area (Å²) in [5, 5.41) is 4.94. The van der Waals surface area contributed by atoms with Gasteiger partial charge in [-0.15, -0.1) is 0 Å². The maximum atomic E-state index is 4.31. The van der Waals surface area contributed by atoms with Crippen LogP contribution in [0.3, 0.4) is 0 Å². The molecule has 0 spiro atoms. The summed E-state index contributed by atoms with van der Waals surface area (Å²) in [5.41, 5.74) is 1.11. The van der Waals surface area contributed by atoms with E-state index in [1.165, 1.54) is 12.8 Å². The number of aryl methyl sites for hydroxylation is 1. The molecule has 4 heteroatoms. The average Bonchev–Trinajstić information content (AvgIpc) is 2.33. The molecule has 1 aromatic rings. The summed E-state index contributed by atoms with van der Waals surface area (Å²) in [7, 11) is 0. The molecule has 0 saturated heterocycles. The number of thioether (sulfide) groups is 1. The van der Waals surface area contributed by atoms with Crippen LogP contribution in [0.25, 0.3) is 0 Å². The second kappa shape index (κ2) is 7.67. The second-order valence-electron chi connectivity index (χ2n) is 4.39. The minimum absolute atomic E-state index is 0.498. The van der Waals surface area contributed by atoms with Gasteiger partial charge in [0.1, 0.15) is 0 Å². The van der Waals surface area contributed by atoms with Crippen LogP contribution in [0.5, 0.6) is 0 Å². The van der Waals surface area contributed by atoms with Crippen LogP contribution in [-0.2, 0) is 0 Å². The topological polar surface area (TPSA) is 37.8 Å². The molecule has 0 bridgehead atoms. The van der Waals surface area contributed by atoms with Crippen LogP contribution >= 0.6 is 11.8 Å². The molecule has 0 aliphatic carbocycles. The number of aromatic nitrogens is 2. The minimum atomic E-state index is 0.498. The Morgan fingerprint density at radius 2 is 1.82 bits per heavy atom. The highest BCUT2D eigenvalue weighted by atomic mass is 32.2. The molecule has 0 aromatic carbocycles. The third-order valence-electron chi connectivity index (χ3n) is 2.74. The summed E-state index contributed by atoms with van der Waals surface area (Å²) < 4.78 is 0. The predicted molar refractivity (Wildman–Crippen MR) is 74.5 cm³/mol. The lowest BCUT2D eigenvalue weighted by Gasteiger charge is -2.17. The van der Waals surface area contributed by atoms with Gasteiger partial charge in [0.25, 0.3) is 0 Å². The first-order valence-electron chi connectivity index (χ1n) is 6.34. The number of hydrogen-bond acceptors (Lipinski definition) is 4. The standard InChI is InChI=1S/C13H23N3S/c1-5-12(6-2)14-9-11(4)17-13-15-7-10(3)8-16-13/h7-8,11-12,14H,5-6,9H2,1-4H3. The van der Waals surface area contributed by atoms with Crippen molar-refractivity contribution in [1.82, 2.24) is 15.3 Å². The molecule has 1 rings (SSSR count).